The number of hydrogen-bond acceptors (Lipinski definition) is 5. The van der Waals surface area contributed by atoms with Crippen molar-refractivity contribution in [3.8, 4) is 10.6 Å². The van der Waals surface area contributed by atoms with Gasteiger partial charge in [0.2, 0.25) is 0 Å². The number of aryl methyl sites for hydroxylation is 1. The predicted molar refractivity (Wildman–Crippen MR) is 97.4 cm³/mol. The van der Waals surface area contributed by atoms with Gasteiger partial charge in [-0.15, -0.1) is 11.3 Å². The molecule has 0 aliphatic heterocycles. The molecule has 2 N–H and O–H groups in total. The first-order valence-corrected chi connectivity index (χ1v) is 9.18. The van der Waals surface area contributed by atoms with Crippen LogP contribution in [0.4, 0.5) is 0 Å². The maximum absolute atomic E-state index is 12.5. The smallest absolute Gasteiger partial charge is 0.263 e. The Kier molecular flexibility index (Phi) is 3.87. The van der Waals surface area contributed by atoms with Crippen LogP contribution in [0.2, 0.25) is 0 Å². The van der Waals surface area contributed by atoms with E-state index >= 15 is 0 Å². The summed E-state index contributed by atoms with van der Waals surface area (Å²) in [7, 11) is 0. The first-order valence-electron chi connectivity index (χ1n) is 7.42. The van der Waals surface area contributed by atoms with E-state index in [1.807, 2.05) is 48.0 Å². The summed E-state index contributed by atoms with van der Waals surface area (Å²) in [4.78, 5) is 25.3. The van der Waals surface area contributed by atoms with Crippen molar-refractivity contribution in [3.05, 3.63) is 57.5 Å². The standard InChI is InChI=1S/C17H14N4OS2/c1-10-15(24-17(19-10)11-6-7-23-9-11)16(22)18-8-14-20-12-4-2-3-5-13(12)21-14/h2-7,9H,8H2,1H3,(H,18,22)(H,20,21). The van der Waals surface area contributed by atoms with Crippen LogP contribution >= 0.6 is 22.7 Å². The molecule has 0 spiro atoms. The number of benzene rings is 1. The molecule has 1 amide bonds. The summed E-state index contributed by atoms with van der Waals surface area (Å²) in [5.41, 5.74) is 3.68. The lowest BCUT2D eigenvalue weighted by Crippen LogP contribution is -2.23. The van der Waals surface area contributed by atoms with Gasteiger partial charge in [-0.3, -0.25) is 4.79 Å². The quantitative estimate of drug-likeness (QED) is 0.582. The first kappa shape index (κ1) is 15.0. The van der Waals surface area contributed by atoms with Crippen LogP contribution in [0.1, 0.15) is 21.2 Å². The van der Waals surface area contributed by atoms with Gasteiger partial charge >= 0.3 is 0 Å². The summed E-state index contributed by atoms with van der Waals surface area (Å²) in [5.74, 6) is 0.622. The number of amides is 1. The third kappa shape index (κ3) is 2.83. The lowest BCUT2D eigenvalue weighted by Gasteiger charge is -2.01. The van der Waals surface area contributed by atoms with Gasteiger partial charge in [0.05, 0.1) is 23.3 Å². The monoisotopic (exact) mass is 354 g/mol. The fourth-order valence-corrected chi connectivity index (χ4v) is 4.14. The minimum absolute atomic E-state index is 0.119. The Labute approximate surface area is 146 Å². The molecule has 120 valence electrons. The Balaban J connectivity index is 1.50. The summed E-state index contributed by atoms with van der Waals surface area (Å²) >= 11 is 3.04. The Morgan fingerprint density at radius 2 is 2.12 bits per heavy atom. The average Bonchev–Trinajstić information content (AvgIpc) is 3.31. The zero-order valence-corrected chi connectivity index (χ0v) is 14.5. The highest BCUT2D eigenvalue weighted by Gasteiger charge is 2.16. The number of fused-ring (bicyclic) bond motifs is 1. The molecule has 3 aromatic heterocycles. The third-order valence-electron chi connectivity index (χ3n) is 3.63. The number of carbonyl (C=O) groups is 1. The summed E-state index contributed by atoms with van der Waals surface area (Å²) in [6.07, 6.45) is 0. The lowest BCUT2D eigenvalue weighted by molar-refractivity contribution is 0.0953. The van der Waals surface area contributed by atoms with Crippen molar-refractivity contribution in [2.75, 3.05) is 0 Å². The summed E-state index contributed by atoms with van der Waals surface area (Å²) < 4.78 is 0. The van der Waals surface area contributed by atoms with E-state index in [-0.39, 0.29) is 5.91 Å². The number of nitrogens with zero attached hydrogens (tertiary/aromatic N) is 2. The molecule has 0 radical (unpaired) electrons. The van der Waals surface area contributed by atoms with Gasteiger partial charge in [-0.05, 0) is 30.5 Å². The molecule has 0 aliphatic carbocycles. The second kappa shape index (κ2) is 6.18. The zero-order chi connectivity index (χ0) is 16.5. The average molecular weight is 354 g/mol. The summed E-state index contributed by atoms with van der Waals surface area (Å²) in [6.45, 7) is 2.22. The third-order valence-corrected chi connectivity index (χ3v) is 5.51. The molecule has 7 heteroatoms. The second-order valence-corrected chi connectivity index (χ2v) is 7.11. The highest BCUT2D eigenvalue weighted by molar-refractivity contribution is 7.17. The molecule has 4 rings (SSSR count). The van der Waals surface area contributed by atoms with Crippen LogP contribution < -0.4 is 5.32 Å². The minimum atomic E-state index is -0.119. The van der Waals surface area contributed by atoms with Crippen LogP contribution in [0.3, 0.4) is 0 Å². The van der Waals surface area contributed by atoms with E-state index in [9.17, 15) is 4.79 Å². The SMILES string of the molecule is Cc1nc(-c2ccsc2)sc1C(=O)NCc1nc2ccccc2[nH]1. The maximum atomic E-state index is 12.5. The highest BCUT2D eigenvalue weighted by Crippen LogP contribution is 2.29. The number of thiazole rings is 1. The number of nitrogens with one attached hydrogen (secondary N) is 2. The van der Waals surface area contributed by atoms with Gasteiger partial charge in [0.25, 0.3) is 5.91 Å². The maximum Gasteiger partial charge on any atom is 0.263 e. The molecule has 0 aliphatic rings. The fourth-order valence-electron chi connectivity index (χ4n) is 2.45. The van der Waals surface area contributed by atoms with Crippen molar-refractivity contribution in [1.29, 1.82) is 0 Å². The number of imidazole rings is 1. The summed E-state index contributed by atoms with van der Waals surface area (Å²) in [6, 6.07) is 9.82. The predicted octanol–water partition coefficient (Wildman–Crippen LogP) is 3.99. The van der Waals surface area contributed by atoms with Crippen LogP contribution in [0.5, 0.6) is 0 Å². The van der Waals surface area contributed by atoms with Gasteiger partial charge in [-0.2, -0.15) is 11.3 Å². The molecule has 0 unspecified atom stereocenters. The number of carbonyl (C=O) groups excluding carboxylic acids is 1. The van der Waals surface area contributed by atoms with E-state index in [0.29, 0.717) is 11.4 Å². The van der Waals surface area contributed by atoms with Gasteiger partial charge in [0.15, 0.2) is 0 Å². The van der Waals surface area contributed by atoms with Crippen molar-refractivity contribution in [1.82, 2.24) is 20.3 Å². The van der Waals surface area contributed by atoms with E-state index in [2.05, 4.69) is 20.3 Å². The molecule has 0 saturated heterocycles. The van der Waals surface area contributed by atoms with E-state index in [1.165, 1.54) is 11.3 Å². The molecular weight excluding hydrogens is 340 g/mol. The highest BCUT2D eigenvalue weighted by atomic mass is 32.1. The van der Waals surface area contributed by atoms with E-state index in [0.717, 1.165) is 33.1 Å². The number of thiophene rings is 1. The van der Waals surface area contributed by atoms with Crippen LogP contribution in [0.25, 0.3) is 21.6 Å². The Bertz CT molecular complexity index is 968. The van der Waals surface area contributed by atoms with Crippen molar-refractivity contribution >= 4 is 39.6 Å². The normalized spacial score (nSPS) is 11.0. The van der Waals surface area contributed by atoms with Crippen LogP contribution in [0, 0.1) is 6.92 Å². The van der Waals surface area contributed by atoms with Crippen LogP contribution in [-0.2, 0) is 6.54 Å². The minimum Gasteiger partial charge on any atom is -0.344 e. The molecule has 1 aromatic carbocycles. The van der Waals surface area contributed by atoms with E-state index in [1.54, 1.807) is 11.3 Å². The Morgan fingerprint density at radius 1 is 1.25 bits per heavy atom. The van der Waals surface area contributed by atoms with Crippen molar-refractivity contribution in [2.24, 2.45) is 0 Å². The van der Waals surface area contributed by atoms with Gasteiger partial charge in [-0.25, -0.2) is 9.97 Å². The van der Waals surface area contributed by atoms with Crippen molar-refractivity contribution in [3.63, 3.8) is 0 Å². The lowest BCUT2D eigenvalue weighted by atomic mass is 10.3. The molecule has 0 atom stereocenters. The van der Waals surface area contributed by atoms with Crippen LogP contribution in [-0.4, -0.2) is 20.9 Å². The topological polar surface area (TPSA) is 70.7 Å². The number of hydrogen-bond donors (Lipinski definition) is 2. The molecule has 0 saturated carbocycles. The largest absolute Gasteiger partial charge is 0.344 e. The Morgan fingerprint density at radius 3 is 2.92 bits per heavy atom. The molecule has 24 heavy (non-hydrogen) atoms. The number of aromatic amines is 1. The second-order valence-electron chi connectivity index (χ2n) is 5.33. The molecule has 0 bridgehead atoms. The zero-order valence-electron chi connectivity index (χ0n) is 12.9. The number of para-hydroxylation sites is 2. The molecule has 5 nitrogen and oxygen atoms in total. The fraction of sp³-hybridized carbons (Fsp3) is 0.118. The number of rotatable bonds is 4. The summed E-state index contributed by atoms with van der Waals surface area (Å²) in [5, 5.41) is 7.84. The van der Waals surface area contributed by atoms with Gasteiger partial charge in [0, 0.05) is 10.9 Å². The van der Waals surface area contributed by atoms with Crippen molar-refractivity contribution < 1.29 is 4.79 Å². The van der Waals surface area contributed by atoms with E-state index < -0.39 is 0 Å². The van der Waals surface area contributed by atoms with Gasteiger partial charge < -0.3 is 10.3 Å². The van der Waals surface area contributed by atoms with Crippen molar-refractivity contribution in [2.45, 2.75) is 13.5 Å². The first-order chi connectivity index (χ1) is 11.7. The van der Waals surface area contributed by atoms with Crippen LogP contribution in [0.15, 0.2) is 41.1 Å². The van der Waals surface area contributed by atoms with E-state index in [4.69, 9.17) is 0 Å². The molecule has 3 heterocycles. The molecule has 4 aromatic rings. The number of aromatic nitrogens is 3. The van der Waals surface area contributed by atoms with Gasteiger partial charge in [-0.1, -0.05) is 12.1 Å². The molecular formula is C17H14N4OS2. The number of H-pyrrole nitrogens is 1. The Hall–Kier alpha value is -2.51. The molecule has 0 fully saturated rings. The van der Waals surface area contributed by atoms with Gasteiger partial charge in [0.1, 0.15) is 15.7 Å².